The molecule has 2 saturated carbocycles. The van der Waals surface area contributed by atoms with Gasteiger partial charge in [0.25, 0.3) is 0 Å². The van der Waals surface area contributed by atoms with E-state index in [1.165, 1.54) is 6.07 Å². The zero-order valence-electron chi connectivity index (χ0n) is 22.6. The van der Waals surface area contributed by atoms with Gasteiger partial charge in [0.2, 0.25) is 0 Å². The molecule has 1 aromatic heterocycles. The Hall–Kier alpha value is -2.40. The van der Waals surface area contributed by atoms with E-state index in [9.17, 15) is 26.3 Å². The van der Waals surface area contributed by atoms with Crippen LogP contribution in [-0.4, -0.2) is 60.1 Å². The van der Waals surface area contributed by atoms with E-state index in [2.05, 4.69) is 15.5 Å². The molecule has 0 amide bonds. The van der Waals surface area contributed by atoms with Gasteiger partial charge in [0.15, 0.2) is 11.6 Å². The number of anilines is 1. The van der Waals surface area contributed by atoms with Gasteiger partial charge < -0.3 is 15.0 Å². The van der Waals surface area contributed by atoms with Crippen LogP contribution in [-0.2, 0) is 10.2 Å². The maximum Gasteiger partial charge on any atom is 0.398 e. The first-order valence-corrected chi connectivity index (χ1v) is 13.1. The number of nitrogens with zero attached hydrogens (tertiary/aromatic N) is 3. The number of halogens is 6. The van der Waals surface area contributed by atoms with Crippen molar-refractivity contribution in [1.29, 1.82) is 0 Å². The van der Waals surface area contributed by atoms with E-state index in [4.69, 9.17) is 7.48 Å². The molecule has 2 aromatic rings. The summed E-state index contributed by atoms with van der Waals surface area (Å²) >= 11 is 0. The fourth-order valence-electron chi connectivity index (χ4n) is 6.40. The van der Waals surface area contributed by atoms with Gasteiger partial charge in [-0.1, -0.05) is 0 Å². The third-order valence-corrected chi connectivity index (χ3v) is 8.54. The molecule has 0 spiro atoms. The fraction of sp³-hybridized carbons (Fsp3) is 0.630. The Bertz CT molecular complexity index is 1270. The van der Waals surface area contributed by atoms with Gasteiger partial charge in [0.05, 0.1) is 5.41 Å². The van der Waals surface area contributed by atoms with E-state index in [1.54, 1.807) is 0 Å². The summed E-state index contributed by atoms with van der Waals surface area (Å²) in [5.74, 6) is -3.67. The normalized spacial score (nSPS) is 28.6. The maximum absolute atomic E-state index is 14.6. The molecule has 2 saturated heterocycles. The van der Waals surface area contributed by atoms with Crippen LogP contribution in [0.4, 0.5) is 32.2 Å². The quantitative estimate of drug-likeness (QED) is 0.375. The van der Waals surface area contributed by atoms with E-state index in [-0.39, 0.29) is 48.0 Å². The maximum atomic E-state index is 14.6. The lowest BCUT2D eigenvalue weighted by molar-refractivity contribution is -0.160. The summed E-state index contributed by atoms with van der Waals surface area (Å²) in [6, 6.07) is 2.04. The minimum absolute atomic E-state index is 0.0824. The van der Waals surface area contributed by atoms with Crippen LogP contribution in [0.15, 0.2) is 18.2 Å². The van der Waals surface area contributed by atoms with Crippen molar-refractivity contribution in [2.24, 2.45) is 17.8 Å². The van der Waals surface area contributed by atoms with E-state index < -0.39 is 46.8 Å². The molecule has 0 radical (unpaired) electrons. The average molecular weight is 543 g/mol. The Morgan fingerprint density at radius 2 is 1.71 bits per heavy atom. The molecule has 3 atom stereocenters. The van der Waals surface area contributed by atoms with Crippen molar-refractivity contribution in [2.45, 2.75) is 56.2 Å². The monoisotopic (exact) mass is 542 g/mol. The molecule has 1 N–H and O–H groups in total. The summed E-state index contributed by atoms with van der Waals surface area (Å²) in [5, 5.41) is 11.0. The van der Waals surface area contributed by atoms with E-state index >= 15 is 0 Å². The summed E-state index contributed by atoms with van der Waals surface area (Å²) < 4.78 is 108. The van der Waals surface area contributed by atoms with Gasteiger partial charge in [-0.15, -0.1) is 10.2 Å². The second kappa shape index (κ2) is 9.66. The fourth-order valence-corrected chi connectivity index (χ4v) is 6.40. The highest BCUT2D eigenvalue weighted by atomic mass is 19.4. The van der Waals surface area contributed by atoms with E-state index in [1.807, 2.05) is 4.90 Å². The highest BCUT2D eigenvalue weighted by Gasteiger charge is 2.65. The predicted molar refractivity (Wildman–Crippen MR) is 128 cm³/mol. The molecular weight excluding hydrogens is 510 g/mol. The number of benzene rings is 1. The minimum atomic E-state index is -4.66. The molecule has 2 aliphatic heterocycles. The van der Waals surface area contributed by atoms with Gasteiger partial charge in [-0.25, -0.2) is 13.2 Å². The van der Waals surface area contributed by atoms with Crippen molar-refractivity contribution in [3.63, 3.8) is 0 Å². The van der Waals surface area contributed by atoms with Crippen molar-refractivity contribution in [2.75, 3.05) is 38.1 Å². The Morgan fingerprint density at radius 1 is 1.03 bits per heavy atom. The zero-order chi connectivity index (χ0) is 28.4. The van der Waals surface area contributed by atoms with Crippen LogP contribution in [0.5, 0.6) is 0 Å². The smallest absolute Gasteiger partial charge is 0.381 e. The number of rotatable bonds is 6. The minimum Gasteiger partial charge on any atom is -0.381 e. The number of hydrogen-bond acceptors (Lipinski definition) is 5. The summed E-state index contributed by atoms with van der Waals surface area (Å²) in [7, 11) is 0. The average Bonchev–Trinajstić information content (AvgIpc) is 3.51. The zero-order valence-corrected chi connectivity index (χ0v) is 20.6. The molecule has 11 heteroatoms. The molecule has 2 aliphatic carbocycles. The molecule has 4 aliphatic rings. The van der Waals surface area contributed by atoms with Gasteiger partial charge >= 0.3 is 6.18 Å². The molecule has 6 rings (SSSR count). The molecule has 1 unspecified atom stereocenters. The van der Waals surface area contributed by atoms with Crippen LogP contribution in [0.2, 0.25) is 0 Å². The summed E-state index contributed by atoms with van der Waals surface area (Å²) in [4.78, 5) is 1.92. The van der Waals surface area contributed by atoms with Crippen molar-refractivity contribution in [3.05, 3.63) is 41.2 Å². The number of fused-ring (bicyclic) bond motifs is 1. The molecule has 1 aromatic carbocycles. The molecule has 4 fully saturated rings. The van der Waals surface area contributed by atoms with Crippen LogP contribution >= 0.6 is 0 Å². The number of nitrogens with one attached hydrogen (secondary N) is 1. The van der Waals surface area contributed by atoms with Crippen molar-refractivity contribution < 1.29 is 33.8 Å². The van der Waals surface area contributed by atoms with Crippen molar-refractivity contribution in [3.8, 4) is 11.3 Å². The van der Waals surface area contributed by atoms with Crippen LogP contribution in [0.3, 0.4) is 0 Å². The first-order chi connectivity index (χ1) is 18.9. The topological polar surface area (TPSA) is 50.3 Å². The van der Waals surface area contributed by atoms with Crippen molar-refractivity contribution in [1.82, 2.24) is 15.1 Å². The molecule has 38 heavy (non-hydrogen) atoms. The third-order valence-electron chi connectivity index (χ3n) is 8.54. The number of likely N-dealkylation sites (tertiary alicyclic amines) is 1. The molecular formula is C27H30F6N4O. The first kappa shape index (κ1) is 23.5. The number of alkyl halides is 3. The van der Waals surface area contributed by atoms with E-state index in [0.29, 0.717) is 64.1 Å². The second-order valence-corrected chi connectivity index (χ2v) is 11.1. The largest absolute Gasteiger partial charge is 0.398 e. The van der Waals surface area contributed by atoms with Crippen molar-refractivity contribution >= 4 is 5.82 Å². The number of hydrogen-bond donors (Lipinski definition) is 1. The SMILES string of the molecule is [2H]C([2H])(C1CCOCC1)N1C[C@H]2CC(Nc3cc(C4(C(F)(F)F)CC4)c(-c4cc(F)cc(F)c4F)nn3)C[C@H]2C1. The summed E-state index contributed by atoms with van der Waals surface area (Å²) in [6.45, 7) is 0.911. The third kappa shape index (κ3) is 4.76. The van der Waals surface area contributed by atoms with E-state index in [0.717, 1.165) is 0 Å². The van der Waals surface area contributed by atoms with Crippen LogP contribution in [0.25, 0.3) is 11.3 Å². The Morgan fingerprint density at radius 3 is 2.34 bits per heavy atom. The Kier molecular flexibility index (Phi) is 5.97. The highest BCUT2D eigenvalue weighted by molar-refractivity contribution is 5.68. The number of ether oxygens (including phenoxy) is 1. The summed E-state index contributed by atoms with van der Waals surface area (Å²) in [5.41, 5.74) is -3.86. The lowest BCUT2D eigenvalue weighted by Gasteiger charge is -2.28. The van der Waals surface area contributed by atoms with Gasteiger partial charge in [0.1, 0.15) is 17.3 Å². The van der Waals surface area contributed by atoms with Crippen LogP contribution in [0.1, 0.15) is 46.8 Å². The summed E-state index contributed by atoms with van der Waals surface area (Å²) in [6.07, 6.45) is -2.39. The van der Waals surface area contributed by atoms with Gasteiger partial charge in [-0.05, 0) is 74.0 Å². The van der Waals surface area contributed by atoms with Crippen LogP contribution in [0, 0.1) is 35.2 Å². The lowest BCUT2D eigenvalue weighted by Crippen LogP contribution is -2.32. The molecule has 5 nitrogen and oxygen atoms in total. The highest BCUT2D eigenvalue weighted by Crippen LogP contribution is 2.60. The molecule has 0 bridgehead atoms. The predicted octanol–water partition coefficient (Wildman–Crippen LogP) is 5.70. The molecule has 206 valence electrons. The van der Waals surface area contributed by atoms with Gasteiger partial charge in [-0.3, -0.25) is 0 Å². The Labute approximate surface area is 219 Å². The molecule has 3 heterocycles. The number of aromatic nitrogens is 2. The van der Waals surface area contributed by atoms with Gasteiger partial charge in [0, 0.05) is 53.2 Å². The van der Waals surface area contributed by atoms with Crippen LogP contribution < -0.4 is 5.32 Å². The lowest BCUT2D eigenvalue weighted by atomic mass is 9.91. The van der Waals surface area contributed by atoms with Gasteiger partial charge in [-0.2, -0.15) is 13.2 Å². The first-order valence-electron chi connectivity index (χ1n) is 14.1. The Balaban J connectivity index is 1.21. The second-order valence-electron chi connectivity index (χ2n) is 11.1. The standard InChI is InChI=1S/C27H30F6N4O/c28-18-9-20(24(30)22(29)10-18)25-21(26(3-4-26)27(31,32)33)11-23(35-36-25)34-19-7-16-13-37(14-17(16)8-19)12-15-1-5-38-6-2-15/h9-11,15-17,19H,1-8,12-14H2,(H,34,35)/t16-,17+,19?/i12D2.